The molecule has 27 heavy (non-hydrogen) atoms. The molecule has 1 unspecified atom stereocenters. The molecule has 2 atom stereocenters. The van der Waals surface area contributed by atoms with Crippen LogP contribution in [0.5, 0.6) is 5.75 Å². The Morgan fingerprint density at radius 1 is 1.15 bits per heavy atom. The number of nitrogens with one attached hydrogen (secondary N) is 1. The second-order valence-corrected chi connectivity index (χ2v) is 6.27. The maximum absolute atomic E-state index is 12.6. The Kier molecular flexibility index (Phi) is 5.40. The number of carboxylic acids is 1. The highest BCUT2D eigenvalue weighted by Crippen LogP contribution is 2.33. The Labute approximate surface area is 156 Å². The van der Waals surface area contributed by atoms with Crippen molar-refractivity contribution in [3.8, 4) is 5.75 Å². The predicted molar refractivity (Wildman–Crippen MR) is 98.4 cm³/mol. The lowest BCUT2D eigenvalue weighted by Crippen LogP contribution is -2.38. The van der Waals surface area contributed by atoms with E-state index in [0.717, 1.165) is 0 Å². The van der Waals surface area contributed by atoms with E-state index in [-0.39, 0.29) is 18.9 Å². The molecule has 140 valence electrons. The number of hydrogen-bond acceptors (Lipinski definition) is 4. The van der Waals surface area contributed by atoms with E-state index in [1.807, 2.05) is 0 Å². The molecule has 1 fully saturated rings. The second-order valence-electron chi connectivity index (χ2n) is 6.27. The average Bonchev–Trinajstić information content (AvgIpc) is 3.08. The van der Waals surface area contributed by atoms with Crippen LogP contribution >= 0.6 is 0 Å². The topological polar surface area (TPSA) is 95.9 Å². The number of nitrogens with zero attached hydrogens (tertiary/aromatic N) is 1. The van der Waals surface area contributed by atoms with E-state index in [1.54, 1.807) is 54.6 Å². The first-order chi connectivity index (χ1) is 13.0. The van der Waals surface area contributed by atoms with Gasteiger partial charge in [0.05, 0.1) is 18.7 Å². The molecule has 1 aliphatic rings. The molecule has 1 heterocycles. The van der Waals surface area contributed by atoms with Crippen molar-refractivity contribution >= 4 is 23.5 Å². The molecule has 3 rings (SSSR count). The van der Waals surface area contributed by atoms with Crippen molar-refractivity contribution in [3.05, 3.63) is 60.2 Å². The van der Waals surface area contributed by atoms with Gasteiger partial charge in [0.1, 0.15) is 5.75 Å². The molecule has 0 spiro atoms. The Bertz CT molecular complexity index is 852. The number of methoxy groups -OCH3 is 1. The first-order valence-electron chi connectivity index (χ1n) is 8.52. The minimum absolute atomic E-state index is 0.0189. The number of hydrogen-bond donors (Lipinski definition) is 2. The number of benzene rings is 2. The van der Waals surface area contributed by atoms with Gasteiger partial charge in [-0.3, -0.25) is 9.59 Å². The van der Waals surface area contributed by atoms with Gasteiger partial charge in [-0.2, -0.15) is 0 Å². The van der Waals surface area contributed by atoms with E-state index >= 15 is 0 Å². The van der Waals surface area contributed by atoms with Crippen LogP contribution in [0.15, 0.2) is 54.6 Å². The molecule has 7 heteroatoms. The summed E-state index contributed by atoms with van der Waals surface area (Å²) in [5.74, 6) is -1.91. The molecule has 2 amide bonds. The average molecular weight is 368 g/mol. The fourth-order valence-corrected chi connectivity index (χ4v) is 3.16. The normalized spacial score (nSPS) is 17.4. The molecule has 0 saturated carbocycles. The molecule has 0 aromatic heterocycles. The summed E-state index contributed by atoms with van der Waals surface area (Å²) in [6.45, 7) is 0.173. The van der Waals surface area contributed by atoms with Crippen molar-refractivity contribution in [1.82, 2.24) is 5.32 Å². The molecule has 2 N–H and O–H groups in total. The van der Waals surface area contributed by atoms with E-state index in [9.17, 15) is 19.5 Å². The van der Waals surface area contributed by atoms with Crippen LogP contribution in [-0.4, -0.2) is 36.5 Å². The fourth-order valence-electron chi connectivity index (χ4n) is 3.16. The standard InChI is InChI=1S/C20H20N2O5/c1-27-16-10-6-5-9-15(16)22-12-14(11-17(22)23)19(24)21-18(20(25)26)13-7-3-2-4-8-13/h2-10,14,18H,11-12H2,1H3,(H,21,24)(H,25,26)/t14?,18-/m1/s1. The number of anilines is 1. The Hall–Kier alpha value is -3.35. The first kappa shape index (κ1) is 18.4. The highest BCUT2D eigenvalue weighted by molar-refractivity contribution is 6.01. The van der Waals surface area contributed by atoms with Gasteiger partial charge in [-0.25, -0.2) is 4.79 Å². The maximum Gasteiger partial charge on any atom is 0.330 e. The van der Waals surface area contributed by atoms with Crippen molar-refractivity contribution in [1.29, 1.82) is 0 Å². The second kappa shape index (κ2) is 7.90. The van der Waals surface area contributed by atoms with Gasteiger partial charge in [0.15, 0.2) is 6.04 Å². The molecule has 2 aromatic rings. The molecular weight excluding hydrogens is 348 g/mol. The number of aliphatic carboxylic acids is 1. The van der Waals surface area contributed by atoms with Crippen molar-refractivity contribution in [2.75, 3.05) is 18.6 Å². The highest BCUT2D eigenvalue weighted by Gasteiger charge is 2.37. The number of carbonyl (C=O) groups is 3. The van der Waals surface area contributed by atoms with Crippen LogP contribution in [0.2, 0.25) is 0 Å². The third-order valence-corrected chi connectivity index (χ3v) is 4.54. The van der Waals surface area contributed by atoms with Gasteiger partial charge in [-0.05, 0) is 17.7 Å². The largest absolute Gasteiger partial charge is 0.495 e. The van der Waals surface area contributed by atoms with E-state index in [2.05, 4.69) is 5.32 Å². The summed E-state index contributed by atoms with van der Waals surface area (Å²) in [4.78, 5) is 38.1. The van der Waals surface area contributed by atoms with Gasteiger partial charge >= 0.3 is 5.97 Å². The molecule has 1 aliphatic heterocycles. The summed E-state index contributed by atoms with van der Waals surface area (Å²) in [5.41, 5.74) is 1.07. The van der Waals surface area contributed by atoms with Crippen molar-refractivity contribution in [2.45, 2.75) is 12.5 Å². The lowest BCUT2D eigenvalue weighted by molar-refractivity contribution is -0.142. The monoisotopic (exact) mass is 368 g/mol. The lowest BCUT2D eigenvalue weighted by atomic mass is 10.0. The summed E-state index contributed by atoms with van der Waals surface area (Å²) in [6, 6.07) is 14.4. The number of rotatable bonds is 6. The third-order valence-electron chi connectivity index (χ3n) is 4.54. The van der Waals surface area contributed by atoms with Crippen LogP contribution in [0.4, 0.5) is 5.69 Å². The van der Waals surface area contributed by atoms with Crippen LogP contribution in [0.25, 0.3) is 0 Å². The van der Waals surface area contributed by atoms with Gasteiger partial charge in [-0.15, -0.1) is 0 Å². The van der Waals surface area contributed by atoms with E-state index in [1.165, 1.54) is 12.0 Å². The van der Waals surface area contributed by atoms with Crippen molar-refractivity contribution in [3.63, 3.8) is 0 Å². The Balaban J connectivity index is 1.74. The van der Waals surface area contributed by atoms with Crippen LogP contribution < -0.4 is 15.0 Å². The van der Waals surface area contributed by atoms with Gasteiger partial charge in [0, 0.05) is 13.0 Å². The van der Waals surface area contributed by atoms with E-state index < -0.39 is 23.8 Å². The summed E-state index contributed by atoms with van der Waals surface area (Å²) >= 11 is 0. The zero-order valence-corrected chi connectivity index (χ0v) is 14.8. The van der Waals surface area contributed by atoms with Crippen LogP contribution in [-0.2, 0) is 14.4 Å². The smallest absolute Gasteiger partial charge is 0.330 e. The summed E-state index contributed by atoms with van der Waals surface area (Å²) in [7, 11) is 1.51. The molecule has 7 nitrogen and oxygen atoms in total. The quantitative estimate of drug-likeness (QED) is 0.813. The van der Waals surface area contributed by atoms with Crippen LogP contribution in [0, 0.1) is 5.92 Å². The molecule has 0 radical (unpaired) electrons. The molecule has 0 aliphatic carbocycles. The lowest BCUT2D eigenvalue weighted by Gasteiger charge is -2.20. The van der Waals surface area contributed by atoms with Crippen LogP contribution in [0.3, 0.4) is 0 Å². The SMILES string of the molecule is COc1ccccc1N1CC(C(=O)N[C@@H](C(=O)O)c2ccccc2)CC1=O. The van der Waals surface area contributed by atoms with Crippen molar-refractivity contribution in [2.24, 2.45) is 5.92 Å². The highest BCUT2D eigenvalue weighted by atomic mass is 16.5. The van der Waals surface area contributed by atoms with Gasteiger partial charge in [-0.1, -0.05) is 42.5 Å². The minimum atomic E-state index is -1.16. The predicted octanol–water partition coefficient (Wildman–Crippen LogP) is 1.99. The zero-order valence-electron chi connectivity index (χ0n) is 14.8. The Morgan fingerprint density at radius 2 is 1.81 bits per heavy atom. The number of carboxylic acid groups (broad SMARTS) is 1. The number of ether oxygens (including phenoxy) is 1. The Morgan fingerprint density at radius 3 is 2.48 bits per heavy atom. The number of carbonyl (C=O) groups excluding carboxylic acids is 2. The molecule has 1 saturated heterocycles. The molecular formula is C20H20N2O5. The van der Waals surface area contributed by atoms with Gasteiger partial charge in [0.2, 0.25) is 11.8 Å². The van der Waals surface area contributed by atoms with Gasteiger partial charge in [0.25, 0.3) is 0 Å². The first-order valence-corrected chi connectivity index (χ1v) is 8.52. The van der Waals surface area contributed by atoms with E-state index in [0.29, 0.717) is 17.0 Å². The summed E-state index contributed by atoms with van der Waals surface area (Å²) in [5, 5.41) is 12.0. The molecule has 0 bridgehead atoms. The third kappa shape index (κ3) is 3.92. The van der Waals surface area contributed by atoms with E-state index in [4.69, 9.17) is 4.74 Å². The maximum atomic E-state index is 12.6. The van der Waals surface area contributed by atoms with Crippen molar-refractivity contribution < 1.29 is 24.2 Å². The number of amides is 2. The molecule has 2 aromatic carbocycles. The zero-order chi connectivity index (χ0) is 19.4. The number of para-hydroxylation sites is 2. The summed E-state index contributed by atoms with van der Waals surface area (Å²) in [6.07, 6.45) is 0.0189. The minimum Gasteiger partial charge on any atom is -0.495 e. The summed E-state index contributed by atoms with van der Waals surface area (Å²) < 4.78 is 5.28. The van der Waals surface area contributed by atoms with Gasteiger partial charge < -0.3 is 20.1 Å². The van der Waals surface area contributed by atoms with Crippen LogP contribution in [0.1, 0.15) is 18.0 Å². The fraction of sp³-hybridized carbons (Fsp3) is 0.250.